The van der Waals surface area contributed by atoms with Gasteiger partial charge in [0.25, 0.3) is 0 Å². The molecule has 1 aromatic carbocycles. The standard InChI is InChI=1S/C15H12FN3OS/c1-21(20)15-18-13(10-2-4-12(16)5-3-10)14(19-15)11-6-8-17-9-7-11/h2-9H,1H3,(H,18,19). The minimum absolute atomic E-state index is 0.306. The topological polar surface area (TPSA) is 58.6 Å². The minimum atomic E-state index is -1.23. The number of halogens is 1. The van der Waals surface area contributed by atoms with Crippen molar-refractivity contribution < 1.29 is 8.60 Å². The largest absolute Gasteiger partial charge is 0.330 e. The molecule has 1 unspecified atom stereocenters. The van der Waals surface area contributed by atoms with Crippen LogP contribution in [0.3, 0.4) is 0 Å². The van der Waals surface area contributed by atoms with Crippen LogP contribution in [-0.2, 0) is 10.8 Å². The first-order chi connectivity index (χ1) is 10.1. The smallest absolute Gasteiger partial charge is 0.197 e. The molecular weight excluding hydrogens is 289 g/mol. The molecule has 0 amide bonds. The van der Waals surface area contributed by atoms with E-state index in [1.807, 2.05) is 12.1 Å². The molecule has 0 radical (unpaired) electrons. The number of hydrogen-bond donors (Lipinski definition) is 1. The highest BCUT2D eigenvalue weighted by atomic mass is 32.2. The van der Waals surface area contributed by atoms with Gasteiger partial charge in [0.15, 0.2) is 5.16 Å². The maximum atomic E-state index is 13.1. The third-order valence-electron chi connectivity index (χ3n) is 3.04. The van der Waals surface area contributed by atoms with Crippen molar-refractivity contribution >= 4 is 10.8 Å². The van der Waals surface area contributed by atoms with Crippen molar-refractivity contribution in [2.75, 3.05) is 6.26 Å². The quantitative estimate of drug-likeness (QED) is 0.809. The van der Waals surface area contributed by atoms with E-state index in [4.69, 9.17) is 0 Å². The molecule has 0 spiro atoms. The van der Waals surface area contributed by atoms with Gasteiger partial charge in [-0.3, -0.25) is 9.19 Å². The molecule has 3 rings (SSSR count). The summed E-state index contributed by atoms with van der Waals surface area (Å²) in [4.78, 5) is 11.4. The molecule has 0 aliphatic heterocycles. The summed E-state index contributed by atoms with van der Waals surface area (Å²) in [5, 5.41) is 0.390. The highest BCUT2D eigenvalue weighted by molar-refractivity contribution is 7.84. The van der Waals surface area contributed by atoms with Crippen LogP contribution in [-0.4, -0.2) is 25.4 Å². The third kappa shape index (κ3) is 2.75. The first kappa shape index (κ1) is 13.6. The van der Waals surface area contributed by atoms with E-state index in [-0.39, 0.29) is 5.82 Å². The Balaban J connectivity index is 2.19. The number of nitrogens with one attached hydrogen (secondary N) is 1. The number of rotatable bonds is 3. The second-order valence-corrected chi connectivity index (χ2v) is 5.76. The van der Waals surface area contributed by atoms with Crippen LogP contribution in [0, 0.1) is 5.82 Å². The summed E-state index contributed by atoms with van der Waals surface area (Å²) >= 11 is 0. The molecular formula is C15H12FN3OS. The second-order valence-electron chi connectivity index (χ2n) is 4.46. The van der Waals surface area contributed by atoms with Crippen LogP contribution in [0.4, 0.5) is 4.39 Å². The minimum Gasteiger partial charge on any atom is -0.330 e. The maximum absolute atomic E-state index is 13.1. The Hall–Kier alpha value is -2.34. The van der Waals surface area contributed by atoms with E-state index in [2.05, 4.69) is 15.0 Å². The third-order valence-corrected chi connectivity index (χ3v) is 3.78. The van der Waals surface area contributed by atoms with Gasteiger partial charge in [0.05, 0.1) is 22.2 Å². The Kier molecular flexibility index (Phi) is 3.62. The van der Waals surface area contributed by atoms with Gasteiger partial charge in [-0.05, 0) is 36.4 Å². The van der Waals surface area contributed by atoms with Crippen molar-refractivity contribution in [2.45, 2.75) is 5.16 Å². The number of nitrogens with zero attached hydrogens (tertiary/aromatic N) is 2. The van der Waals surface area contributed by atoms with Crippen molar-refractivity contribution in [3.63, 3.8) is 0 Å². The normalized spacial score (nSPS) is 12.3. The average molecular weight is 301 g/mol. The SMILES string of the molecule is CS(=O)c1nc(-c2ccc(F)cc2)c(-c2ccncc2)[nH]1. The number of pyridine rings is 1. The molecule has 0 fully saturated rings. The molecule has 106 valence electrons. The van der Waals surface area contributed by atoms with Crippen LogP contribution in [0.5, 0.6) is 0 Å². The molecule has 2 heterocycles. The monoisotopic (exact) mass is 301 g/mol. The lowest BCUT2D eigenvalue weighted by Gasteiger charge is -2.02. The summed E-state index contributed by atoms with van der Waals surface area (Å²) in [7, 11) is -1.23. The van der Waals surface area contributed by atoms with Crippen molar-refractivity contribution in [1.29, 1.82) is 0 Å². The Morgan fingerprint density at radius 3 is 2.33 bits per heavy atom. The predicted molar refractivity (Wildman–Crippen MR) is 79.5 cm³/mol. The molecule has 0 saturated heterocycles. The molecule has 0 aliphatic rings. The highest BCUT2D eigenvalue weighted by Gasteiger charge is 2.15. The Morgan fingerprint density at radius 1 is 1.05 bits per heavy atom. The predicted octanol–water partition coefficient (Wildman–Crippen LogP) is 3.02. The summed E-state index contributed by atoms with van der Waals surface area (Å²) in [6.07, 6.45) is 4.91. The van der Waals surface area contributed by atoms with Gasteiger partial charge < -0.3 is 4.98 Å². The van der Waals surface area contributed by atoms with E-state index >= 15 is 0 Å². The second kappa shape index (κ2) is 5.57. The molecule has 1 atom stereocenters. The number of H-pyrrole nitrogens is 1. The number of benzene rings is 1. The molecule has 4 nitrogen and oxygen atoms in total. The van der Waals surface area contributed by atoms with E-state index in [9.17, 15) is 8.60 Å². The Morgan fingerprint density at radius 2 is 1.71 bits per heavy atom. The zero-order valence-electron chi connectivity index (χ0n) is 11.2. The maximum Gasteiger partial charge on any atom is 0.197 e. The van der Waals surface area contributed by atoms with Crippen LogP contribution in [0.2, 0.25) is 0 Å². The van der Waals surface area contributed by atoms with E-state index in [0.29, 0.717) is 10.9 Å². The van der Waals surface area contributed by atoms with Crippen LogP contribution >= 0.6 is 0 Å². The molecule has 0 bridgehead atoms. The van der Waals surface area contributed by atoms with Gasteiger partial charge in [-0.1, -0.05) is 0 Å². The lowest BCUT2D eigenvalue weighted by Crippen LogP contribution is -1.89. The molecule has 2 aromatic heterocycles. The number of aromatic amines is 1. The fourth-order valence-corrected chi connectivity index (χ4v) is 2.50. The summed E-state index contributed by atoms with van der Waals surface area (Å²) < 4.78 is 24.7. The van der Waals surface area contributed by atoms with Gasteiger partial charge in [-0.25, -0.2) is 9.37 Å². The van der Waals surface area contributed by atoms with Gasteiger partial charge in [0, 0.05) is 29.8 Å². The number of aromatic nitrogens is 3. The van der Waals surface area contributed by atoms with Crippen LogP contribution in [0.1, 0.15) is 0 Å². The fourth-order valence-electron chi connectivity index (χ4n) is 2.03. The van der Waals surface area contributed by atoms with Gasteiger partial charge >= 0.3 is 0 Å². The lowest BCUT2D eigenvalue weighted by molar-refractivity contribution is 0.628. The number of imidazole rings is 1. The molecule has 0 saturated carbocycles. The summed E-state index contributed by atoms with van der Waals surface area (Å²) in [6.45, 7) is 0. The van der Waals surface area contributed by atoms with Gasteiger partial charge in [-0.2, -0.15) is 0 Å². The average Bonchev–Trinajstić information content (AvgIpc) is 2.94. The summed E-state index contributed by atoms with van der Waals surface area (Å²) in [5.41, 5.74) is 3.03. The van der Waals surface area contributed by atoms with Crippen LogP contribution in [0.25, 0.3) is 22.5 Å². The van der Waals surface area contributed by atoms with Crippen molar-refractivity contribution in [2.24, 2.45) is 0 Å². The molecule has 6 heteroatoms. The van der Waals surface area contributed by atoms with Gasteiger partial charge in [-0.15, -0.1) is 0 Å². The van der Waals surface area contributed by atoms with Gasteiger partial charge in [0.1, 0.15) is 5.82 Å². The van der Waals surface area contributed by atoms with Crippen LogP contribution in [0.15, 0.2) is 53.9 Å². The summed E-state index contributed by atoms with van der Waals surface area (Å²) in [6, 6.07) is 9.73. The first-order valence-corrected chi connectivity index (χ1v) is 7.81. The fraction of sp³-hybridized carbons (Fsp3) is 0.0667. The molecule has 21 heavy (non-hydrogen) atoms. The lowest BCUT2D eigenvalue weighted by atomic mass is 10.1. The van der Waals surface area contributed by atoms with E-state index in [1.165, 1.54) is 12.1 Å². The van der Waals surface area contributed by atoms with E-state index in [1.54, 1.807) is 30.8 Å². The van der Waals surface area contributed by atoms with Crippen molar-refractivity contribution in [3.8, 4) is 22.5 Å². The molecule has 0 aliphatic carbocycles. The van der Waals surface area contributed by atoms with Crippen LogP contribution < -0.4 is 0 Å². The first-order valence-electron chi connectivity index (χ1n) is 6.25. The van der Waals surface area contributed by atoms with Gasteiger partial charge in [0.2, 0.25) is 0 Å². The molecule has 1 N–H and O–H groups in total. The van der Waals surface area contributed by atoms with Crippen molar-refractivity contribution in [1.82, 2.24) is 15.0 Å². The number of hydrogen-bond acceptors (Lipinski definition) is 3. The molecule has 3 aromatic rings. The zero-order chi connectivity index (χ0) is 14.8. The van der Waals surface area contributed by atoms with Crippen molar-refractivity contribution in [3.05, 3.63) is 54.6 Å². The zero-order valence-corrected chi connectivity index (χ0v) is 12.0. The highest BCUT2D eigenvalue weighted by Crippen LogP contribution is 2.30. The summed E-state index contributed by atoms with van der Waals surface area (Å²) in [5.74, 6) is -0.306. The Labute approximate surface area is 123 Å². The van der Waals surface area contributed by atoms with E-state index in [0.717, 1.165) is 16.8 Å². The Bertz CT molecular complexity index is 784. The van der Waals surface area contributed by atoms with E-state index < -0.39 is 10.8 Å².